The highest BCUT2D eigenvalue weighted by atomic mass is 16.5. The molecule has 0 spiro atoms. The Kier molecular flexibility index (Phi) is 3.51. The van der Waals surface area contributed by atoms with Crippen LogP contribution in [-0.4, -0.2) is 27.7 Å². The van der Waals surface area contributed by atoms with Crippen molar-refractivity contribution in [3.05, 3.63) is 36.5 Å². The van der Waals surface area contributed by atoms with Crippen LogP contribution in [0.4, 0.5) is 0 Å². The van der Waals surface area contributed by atoms with Crippen molar-refractivity contribution in [2.75, 3.05) is 0 Å². The van der Waals surface area contributed by atoms with E-state index in [-0.39, 0.29) is 6.10 Å². The highest BCUT2D eigenvalue weighted by Gasteiger charge is 2.40. The minimum atomic E-state index is -1.17. The third-order valence-corrected chi connectivity index (χ3v) is 4.07. The first-order valence-corrected chi connectivity index (χ1v) is 7.11. The molecule has 21 heavy (non-hydrogen) atoms. The van der Waals surface area contributed by atoms with Crippen molar-refractivity contribution in [2.45, 2.75) is 37.3 Å². The smallest absolute Gasteiger partial charge is 0.323 e. The quantitative estimate of drug-likeness (QED) is 0.904. The molecule has 110 valence electrons. The van der Waals surface area contributed by atoms with Gasteiger partial charge in [-0.3, -0.25) is 9.78 Å². The van der Waals surface area contributed by atoms with Gasteiger partial charge in [-0.1, -0.05) is 6.07 Å². The van der Waals surface area contributed by atoms with Gasteiger partial charge >= 0.3 is 5.97 Å². The van der Waals surface area contributed by atoms with Gasteiger partial charge in [0.05, 0.1) is 5.52 Å². The molecule has 0 radical (unpaired) electrons. The van der Waals surface area contributed by atoms with E-state index in [1.807, 2.05) is 30.3 Å². The number of hydrogen-bond donors (Lipinski definition) is 2. The molecule has 3 rings (SSSR count). The van der Waals surface area contributed by atoms with Gasteiger partial charge < -0.3 is 15.6 Å². The molecular weight excluding hydrogens is 268 g/mol. The summed E-state index contributed by atoms with van der Waals surface area (Å²) in [6.45, 7) is 0. The molecule has 1 aliphatic carbocycles. The van der Waals surface area contributed by atoms with Crippen LogP contribution in [-0.2, 0) is 4.79 Å². The number of aliphatic carboxylic acids is 1. The number of benzene rings is 1. The second-order valence-corrected chi connectivity index (χ2v) is 5.62. The van der Waals surface area contributed by atoms with Gasteiger partial charge in [-0.15, -0.1) is 0 Å². The molecule has 5 heteroatoms. The van der Waals surface area contributed by atoms with E-state index in [4.69, 9.17) is 10.5 Å². The summed E-state index contributed by atoms with van der Waals surface area (Å²) in [5.41, 5.74) is 5.66. The second-order valence-electron chi connectivity index (χ2n) is 5.62. The van der Waals surface area contributed by atoms with Crippen LogP contribution in [0, 0.1) is 0 Å². The normalized spacial score (nSPS) is 25.7. The predicted molar refractivity (Wildman–Crippen MR) is 79.2 cm³/mol. The number of carboxylic acids is 1. The van der Waals surface area contributed by atoms with Gasteiger partial charge in [0.25, 0.3) is 0 Å². The molecule has 1 aromatic carbocycles. The van der Waals surface area contributed by atoms with Crippen LogP contribution in [0.2, 0.25) is 0 Å². The molecule has 1 aliphatic rings. The molecule has 0 aliphatic heterocycles. The van der Waals surface area contributed by atoms with Crippen molar-refractivity contribution in [3.63, 3.8) is 0 Å². The molecule has 2 aromatic rings. The first-order chi connectivity index (χ1) is 10.1. The summed E-state index contributed by atoms with van der Waals surface area (Å²) in [6, 6.07) is 9.51. The lowest BCUT2D eigenvalue weighted by Crippen LogP contribution is -2.53. The van der Waals surface area contributed by atoms with Crippen LogP contribution in [0.3, 0.4) is 0 Å². The van der Waals surface area contributed by atoms with Crippen LogP contribution in [0.15, 0.2) is 36.5 Å². The van der Waals surface area contributed by atoms with E-state index in [0.717, 1.165) is 29.5 Å². The van der Waals surface area contributed by atoms with Gasteiger partial charge in [0.1, 0.15) is 17.4 Å². The van der Waals surface area contributed by atoms with E-state index >= 15 is 0 Å². The number of aromatic nitrogens is 1. The summed E-state index contributed by atoms with van der Waals surface area (Å²) >= 11 is 0. The molecule has 1 aromatic heterocycles. The van der Waals surface area contributed by atoms with Crippen LogP contribution in [0.1, 0.15) is 25.7 Å². The van der Waals surface area contributed by atoms with Crippen LogP contribution in [0.25, 0.3) is 10.9 Å². The zero-order valence-electron chi connectivity index (χ0n) is 11.7. The summed E-state index contributed by atoms with van der Waals surface area (Å²) in [6.07, 6.45) is 3.98. The minimum Gasteiger partial charge on any atom is -0.490 e. The van der Waals surface area contributed by atoms with Crippen molar-refractivity contribution in [1.82, 2.24) is 4.98 Å². The average molecular weight is 286 g/mol. The van der Waals surface area contributed by atoms with Crippen molar-refractivity contribution in [1.29, 1.82) is 0 Å². The fourth-order valence-electron chi connectivity index (χ4n) is 2.91. The highest BCUT2D eigenvalue weighted by Crippen LogP contribution is 2.32. The number of fused-ring (bicyclic) bond motifs is 1. The first kappa shape index (κ1) is 13.8. The molecule has 5 nitrogen and oxygen atoms in total. The maximum atomic E-state index is 11.3. The number of nitrogens with two attached hydrogens (primary N) is 1. The number of carboxylic acid groups (broad SMARTS) is 1. The Bertz CT molecular complexity index is 668. The molecule has 2 atom stereocenters. The summed E-state index contributed by atoms with van der Waals surface area (Å²) in [5.74, 6) is -0.212. The Labute approximate surface area is 122 Å². The first-order valence-electron chi connectivity index (χ1n) is 7.11. The summed E-state index contributed by atoms with van der Waals surface area (Å²) < 4.78 is 6.03. The highest BCUT2D eigenvalue weighted by molar-refractivity contribution is 5.84. The largest absolute Gasteiger partial charge is 0.490 e. The number of pyridine rings is 1. The lowest BCUT2D eigenvalue weighted by Gasteiger charge is -2.34. The molecule has 2 unspecified atom stereocenters. The molecule has 1 saturated carbocycles. The number of ether oxygens (including phenoxy) is 1. The number of hydrogen-bond acceptors (Lipinski definition) is 4. The Hall–Kier alpha value is -2.14. The standard InChI is InChI=1S/C16H18N2O3/c17-16(15(19)20)8-2-4-11(10-16)21-14-7-1-6-13-12(14)5-3-9-18-13/h1,3,5-7,9,11H,2,4,8,10,17H2,(H,19,20). The van der Waals surface area contributed by atoms with E-state index in [0.29, 0.717) is 12.8 Å². The van der Waals surface area contributed by atoms with Gasteiger partial charge in [0.2, 0.25) is 0 Å². The van der Waals surface area contributed by atoms with E-state index in [9.17, 15) is 9.90 Å². The number of rotatable bonds is 3. The number of carbonyl (C=O) groups is 1. The molecule has 0 amide bonds. The summed E-state index contributed by atoms with van der Waals surface area (Å²) in [4.78, 5) is 15.6. The van der Waals surface area contributed by atoms with Crippen molar-refractivity contribution >= 4 is 16.9 Å². The Morgan fingerprint density at radius 3 is 3.05 bits per heavy atom. The van der Waals surface area contributed by atoms with Gasteiger partial charge in [0.15, 0.2) is 0 Å². The zero-order chi connectivity index (χ0) is 14.9. The Morgan fingerprint density at radius 2 is 2.24 bits per heavy atom. The van der Waals surface area contributed by atoms with Gasteiger partial charge in [-0.25, -0.2) is 0 Å². The fraction of sp³-hybridized carbons (Fsp3) is 0.375. The lowest BCUT2D eigenvalue weighted by atomic mass is 9.81. The summed E-state index contributed by atoms with van der Waals surface area (Å²) in [7, 11) is 0. The van der Waals surface area contributed by atoms with Crippen molar-refractivity contribution < 1.29 is 14.6 Å². The molecule has 0 saturated heterocycles. The van der Waals surface area contributed by atoms with Crippen LogP contribution in [0.5, 0.6) is 5.75 Å². The Morgan fingerprint density at radius 1 is 1.38 bits per heavy atom. The number of nitrogens with zero attached hydrogens (tertiary/aromatic N) is 1. The molecule has 3 N–H and O–H groups in total. The summed E-state index contributed by atoms with van der Waals surface area (Å²) in [5, 5.41) is 10.2. The maximum absolute atomic E-state index is 11.3. The van der Waals surface area contributed by atoms with E-state index in [1.165, 1.54) is 0 Å². The van der Waals surface area contributed by atoms with Crippen molar-refractivity contribution in [2.24, 2.45) is 5.73 Å². The topological polar surface area (TPSA) is 85.4 Å². The zero-order valence-corrected chi connectivity index (χ0v) is 11.7. The van der Waals surface area contributed by atoms with E-state index in [2.05, 4.69) is 4.98 Å². The van der Waals surface area contributed by atoms with E-state index < -0.39 is 11.5 Å². The third-order valence-electron chi connectivity index (χ3n) is 4.07. The fourth-order valence-corrected chi connectivity index (χ4v) is 2.91. The predicted octanol–water partition coefficient (Wildman–Crippen LogP) is 2.34. The second kappa shape index (κ2) is 5.33. The Balaban J connectivity index is 1.84. The molecule has 0 bridgehead atoms. The van der Waals surface area contributed by atoms with Gasteiger partial charge in [0, 0.05) is 18.0 Å². The van der Waals surface area contributed by atoms with Crippen LogP contribution >= 0.6 is 0 Å². The minimum absolute atomic E-state index is 0.175. The lowest BCUT2D eigenvalue weighted by molar-refractivity contribution is -0.145. The maximum Gasteiger partial charge on any atom is 0.323 e. The van der Waals surface area contributed by atoms with Crippen LogP contribution < -0.4 is 10.5 Å². The average Bonchev–Trinajstić information content (AvgIpc) is 2.48. The van der Waals surface area contributed by atoms with Crippen molar-refractivity contribution in [3.8, 4) is 5.75 Å². The monoisotopic (exact) mass is 286 g/mol. The molecule has 1 heterocycles. The SMILES string of the molecule is NC1(C(=O)O)CCCC(Oc2cccc3ncccc23)C1. The molecular formula is C16H18N2O3. The van der Waals surface area contributed by atoms with Gasteiger partial charge in [-0.05, 0) is 43.5 Å². The van der Waals surface area contributed by atoms with Gasteiger partial charge in [-0.2, -0.15) is 0 Å². The van der Waals surface area contributed by atoms with E-state index in [1.54, 1.807) is 6.20 Å². The molecule has 1 fully saturated rings. The third kappa shape index (κ3) is 2.69.